The Morgan fingerprint density at radius 3 is 2.70 bits per heavy atom. The molecule has 2 fully saturated rings. The summed E-state index contributed by atoms with van der Waals surface area (Å²) in [5.74, 6) is 2.16. The summed E-state index contributed by atoms with van der Waals surface area (Å²) in [4.78, 5) is 13.8. The summed E-state index contributed by atoms with van der Waals surface area (Å²) >= 11 is 6.95. The minimum absolute atomic E-state index is 0.0455. The van der Waals surface area contributed by atoms with Gasteiger partial charge in [0.1, 0.15) is 6.04 Å². The molecule has 5 nitrogen and oxygen atoms in total. The van der Waals surface area contributed by atoms with E-state index in [9.17, 15) is 4.79 Å². The molecule has 4 rings (SSSR count). The van der Waals surface area contributed by atoms with E-state index in [-0.39, 0.29) is 11.9 Å². The molecule has 2 aromatic rings. The van der Waals surface area contributed by atoms with Gasteiger partial charge in [-0.2, -0.15) is 5.10 Å². The Balaban J connectivity index is 1.56. The maximum absolute atomic E-state index is 12.8. The summed E-state index contributed by atoms with van der Waals surface area (Å²) in [6.07, 6.45) is 5.01. The second kappa shape index (κ2) is 5.87. The number of nitrogens with zero attached hydrogens (tertiary/aromatic N) is 2. The maximum Gasteiger partial charge on any atom is 0.243 e. The van der Waals surface area contributed by atoms with Crippen LogP contribution >= 0.6 is 23.6 Å². The molecule has 0 aromatic carbocycles. The van der Waals surface area contributed by atoms with Crippen molar-refractivity contribution in [3.8, 4) is 10.7 Å². The number of carbonyl (C=O) groups excluding carboxylic acids is 1. The largest absolute Gasteiger partial charge is 0.351 e. The number of aromatic amines is 1. The average Bonchev–Trinajstić information content (AvgIpc) is 3.46. The molecular weight excluding hydrogens is 328 g/mol. The molecule has 2 aliphatic carbocycles. The highest BCUT2D eigenvalue weighted by Crippen LogP contribution is 2.44. The molecule has 122 valence electrons. The molecular formula is C16H20N4OS2. The monoisotopic (exact) mass is 348 g/mol. The zero-order chi connectivity index (χ0) is 16.0. The molecule has 2 aromatic heterocycles. The van der Waals surface area contributed by atoms with Gasteiger partial charge in [-0.05, 0) is 68.1 Å². The topological polar surface area (TPSA) is 62.7 Å². The van der Waals surface area contributed by atoms with Crippen LogP contribution in [0.1, 0.15) is 38.6 Å². The van der Waals surface area contributed by atoms with Gasteiger partial charge >= 0.3 is 0 Å². The fraction of sp³-hybridized carbons (Fsp3) is 0.562. The number of rotatable bonds is 6. The fourth-order valence-electron chi connectivity index (χ4n) is 3.18. The van der Waals surface area contributed by atoms with Gasteiger partial charge in [0.15, 0.2) is 10.6 Å². The van der Waals surface area contributed by atoms with Gasteiger partial charge in [-0.15, -0.1) is 11.3 Å². The van der Waals surface area contributed by atoms with E-state index in [0.29, 0.717) is 22.6 Å². The van der Waals surface area contributed by atoms with Crippen LogP contribution in [0.5, 0.6) is 0 Å². The Labute approximate surface area is 144 Å². The van der Waals surface area contributed by atoms with Gasteiger partial charge in [-0.3, -0.25) is 14.5 Å². The SMILES string of the molecule is C[C@H](C(=O)NC(C1CC1)C1CC1)n1c(-c2cccs2)n[nH]c1=S. The number of H-pyrrole nitrogens is 1. The summed E-state index contributed by atoms with van der Waals surface area (Å²) in [5, 5.41) is 12.4. The lowest BCUT2D eigenvalue weighted by Gasteiger charge is -2.21. The first-order valence-corrected chi connectivity index (χ1v) is 9.45. The van der Waals surface area contributed by atoms with E-state index in [1.807, 2.05) is 29.0 Å². The molecule has 2 N–H and O–H groups in total. The van der Waals surface area contributed by atoms with Crippen LogP contribution in [-0.4, -0.2) is 26.7 Å². The van der Waals surface area contributed by atoms with Crippen LogP contribution in [0.4, 0.5) is 0 Å². The number of nitrogens with one attached hydrogen (secondary N) is 2. The Bertz CT molecular complexity index is 743. The number of aromatic nitrogens is 3. The van der Waals surface area contributed by atoms with Crippen LogP contribution in [0.15, 0.2) is 17.5 Å². The second-order valence-corrected chi connectivity index (χ2v) is 7.92. The molecule has 0 radical (unpaired) electrons. The summed E-state index contributed by atoms with van der Waals surface area (Å²) in [5.41, 5.74) is 0. The van der Waals surface area contributed by atoms with Crippen molar-refractivity contribution in [2.75, 3.05) is 0 Å². The number of hydrogen-bond donors (Lipinski definition) is 2. The summed E-state index contributed by atoms with van der Waals surface area (Å²) in [6, 6.07) is 3.96. The van der Waals surface area contributed by atoms with E-state index >= 15 is 0 Å². The summed E-state index contributed by atoms with van der Waals surface area (Å²) in [7, 11) is 0. The first-order valence-electron chi connectivity index (χ1n) is 8.16. The minimum Gasteiger partial charge on any atom is -0.351 e. The molecule has 0 spiro atoms. The van der Waals surface area contributed by atoms with E-state index < -0.39 is 0 Å². The number of carbonyl (C=O) groups is 1. The highest BCUT2D eigenvalue weighted by Gasteiger charge is 2.42. The van der Waals surface area contributed by atoms with Gasteiger partial charge in [-0.25, -0.2) is 0 Å². The lowest BCUT2D eigenvalue weighted by molar-refractivity contribution is -0.124. The Hall–Kier alpha value is -1.47. The van der Waals surface area contributed by atoms with Gasteiger partial charge in [0, 0.05) is 6.04 Å². The maximum atomic E-state index is 12.8. The molecule has 0 saturated heterocycles. The molecule has 23 heavy (non-hydrogen) atoms. The summed E-state index contributed by atoms with van der Waals surface area (Å²) in [6.45, 7) is 1.90. The van der Waals surface area contributed by atoms with Crippen LogP contribution in [0.3, 0.4) is 0 Å². The van der Waals surface area contributed by atoms with Crippen molar-refractivity contribution in [1.29, 1.82) is 0 Å². The van der Waals surface area contributed by atoms with Crippen molar-refractivity contribution in [1.82, 2.24) is 20.1 Å². The van der Waals surface area contributed by atoms with E-state index in [1.165, 1.54) is 25.7 Å². The van der Waals surface area contributed by atoms with Gasteiger partial charge in [0.25, 0.3) is 0 Å². The van der Waals surface area contributed by atoms with E-state index in [4.69, 9.17) is 12.2 Å². The molecule has 7 heteroatoms. The predicted molar refractivity (Wildman–Crippen MR) is 92.8 cm³/mol. The Kier molecular flexibility index (Phi) is 3.85. The van der Waals surface area contributed by atoms with E-state index in [1.54, 1.807) is 11.3 Å². The fourth-order valence-corrected chi connectivity index (χ4v) is 4.18. The third-order valence-electron chi connectivity index (χ3n) is 4.78. The lowest BCUT2D eigenvalue weighted by atomic mass is 10.1. The van der Waals surface area contributed by atoms with Crippen molar-refractivity contribution in [2.45, 2.75) is 44.7 Å². The predicted octanol–water partition coefficient (Wildman–Crippen LogP) is 3.53. The number of amides is 1. The highest BCUT2D eigenvalue weighted by atomic mass is 32.1. The normalized spacial score (nSPS) is 19.0. The summed E-state index contributed by atoms with van der Waals surface area (Å²) < 4.78 is 2.32. The van der Waals surface area contributed by atoms with Crippen molar-refractivity contribution in [3.63, 3.8) is 0 Å². The quantitative estimate of drug-likeness (QED) is 0.785. The smallest absolute Gasteiger partial charge is 0.243 e. The van der Waals surface area contributed by atoms with Crippen molar-refractivity contribution < 1.29 is 4.79 Å². The van der Waals surface area contributed by atoms with Crippen LogP contribution in [-0.2, 0) is 4.79 Å². The molecule has 2 saturated carbocycles. The zero-order valence-electron chi connectivity index (χ0n) is 13.0. The Morgan fingerprint density at radius 2 is 2.13 bits per heavy atom. The molecule has 1 amide bonds. The lowest BCUT2D eigenvalue weighted by Crippen LogP contribution is -2.41. The van der Waals surface area contributed by atoms with Crippen molar-refractivity contribution >= 4 is 29.5 Å². The van der Waals surface area contributed by atoms with Crippen molar-refractivity contribution in [2.24, 2.45) is 11.8 Å². The van der Waals surface area contributed by atoms with Crippen molar-refractivity contribution in [3.05, 3.63) is 22.3 Å². The van der Waals surface area contributed by atoms with Gasteiger partial charge < -0.3 is 5.32 Å². The van der Waals surface area contributed by atoms with Gasteiger partial charge in [0.05, 0.1) is 4.88 Å². The molecule has 2 aliphatic rings. The van der Waals surface area contributed by atoms with Crippen LogP contribution < -0.4 is 5.32 Å². The van der Waals surface area contributed by atoms with Crippen LogP contribution in [0.2, 0.25) is 0 Å². The first kappa shape index (κ1) is 15.1. The third kappa shape index (κ3) is 2.99. The van der Waals surface area contributed by atoms with Gasteiger partial charge in [0.2, 0.25) is 5.91 Å². The minimum atomic E-state index is -0.363. The molecule has 2 heterocycles. The van der Waals surface area contributed by atoms with Gasteiger partial charge in [-0.1, -0.05) is 6.07 Å². The van der Waals surface area contributed by atoms with Crippen LogP contribution in [0.25, 0.3) is 10.7 Å². The van der Waals surface area contributed by atoms with E-state index in [2.05, 4.69) is 15.5 Å². The second-order valence-electron chi connectivity index (χ2n) is 6.58. The molecule has 0 aliphatic heterocycles. The zero-order valence-corrected chi connectivity index (χ0v) is 14.6. The average molecular weight is 348 g/mol. The molecule has 0 bridgehead atoms. The highest BCUT2D eigenvalue weighted by molar-refractivity contribution is 7.71. The van der Waals surface area contributed by atoms with E-state index in [0.717, 1.165) is 10.7 Å². The molecule has 1 atom stereocenters. The van der Waals surface area contributed by atoms with Crippen LogP contribution in [0, 0.1) is 16.6 Å². The standard InChI is InChI=1S/C16H20N4OS2/c1-9(15(21)17-13(10-4-5-10)11-6-7-11)20-14(18-19-16(20)22)12-3-2-8-23-12/h2-3,8-11,13H,4-7H2,1H3,(H,17,21)(H,19,22)/t9-/m1/s1. The Morgan fingerprint density at radius 1 is 1.43 bits per heavy atom. The molecule has 0 unspecified atom stereocenters. The number of hydrogen-bond acceptors (Lipinski definition) is 4. The first-order chi connectivity index (χ1) is 11.1. The number of thiophene rings is 1. The third-order valence-corrected chi connectivity index (χ3v) is 5.94.